The SMILES string of the molecule is O=C(ON1CCCCC1)N(S)S.[H-].[Na+]. The third-order valence-electron chi connectivity index (χ3n) is 1.69. The van der Waals surface area contributed by atoms with E-state index in [-0.39, 0.29) is 31.0 Å². The number of thiol groups is 2. The molecule has 0 aliphatic carbocycles. The summed E-state index contributed by atoms with van der Waals surface area (Å²) >= 11 is 7.38. The van der Waals surface area contributed by atoms with Crippen LogP contribution in [0.25, 0.3) is 0 Å². The predicted molar refractivity (Wildman–Crippen MR) is 52.8 cm³/mol. The van der Waals surface area contributed by atoms with Crippen molar-refractivity contribution in [3.8, 4) is 0 Å². The van der Waals surface area contributed by atoms with Crippen molar-refractivity contribution < 1.29 is 40.6 Å². The van der Waals surface area contributed by atoms with Gasteiger partial charge in [-0.1, -0.05) is 6.42 Å². The molecular formula is C6H13N2NaO2S2. The first kappa shape index (κ1) is 13.9. The second-order valence-electron chi connectivity index (χ2n) is 2.64. The molecule has 1 heterocycles. The Hall–Kier alpha value is 0.930. The van der Waals surface area contributed by atoms with Gasteiger partial charge >= 0.3 is 35.7 Å². The Labute approximate surface area is 113 Å². The topological polar surface area (TPSA) is 32.8 Å². The molecule has 0 bridgehead atoms. The second kappa shape index (κ2) is 7.25. The average Bonchev–Trinajstić information content (AvgIpc) is 2.06. The van der Waals surface area contributed by atoms with E-state index in [1.165, 1.54) is 6.42 Å². The quantitative estimate of drug-likeness (QED) is 0.432. The molecule has 0 atom stereocenters. The zero-order valence-electron chi connectivity index (χ0n) is 8.64. The molecule has 1 aliphatic rings. The van der Waals surface area contributed by atoms with Crippen LogP contribution in [0.3, 0.4) is 0 Å². The number of hydrogen-bond acceptors (Lipinski definition) is 5. The summed E-state index contributed by atoms with van der Waals surface area (Å²) in [5.41, 5.74) is 0. The molecule has 1 fully saturated rings. The van der Waals surface area contributed by atoms with Crippen LogP contribution in [0, 0.1) is 0 Å². The van der Waals surface area contributed by atoms with E-state index in [1.54, 1.807) is 5.06 Å². The van der Waals surface area contributed by atoms with E-state index in [9.17, 15) is 4.79 Å². The third kappa shape index (κ3) is 5.39. The van der Waals surface area contributed by atoms with E-state index < -0.39 is 6.09 Å². The number of carbonyl (C=O) groups excluding carboxylic acids is 1. The summed E-state index contributed by atoms with van der Waals surface area (Å²) < 4.78 is 0.828. The first-order chi connectivity index (χ1) is 5.70. The van der Waals surface area contributed by atoms with Gasteiger partial charge in [-0.25, -0.2) is 4.79 Å². The van der Waals surface area contributed by atoms with Gasteiger partial charge in [-0.05, 0) is 38.5 Å². The number of nitrogens with zero attached hydrogens (tertiary/aromatic N) is 2. The molecule has 0 aromatic rings. The number of carbonyl (C=O) groups is 1. The Bertz CT molecular complexity index is 170. The van der Waals surface area contributed by atoms with Crippen molar-refractivity contribution in [2.75, 3.05) is 13.1 Å². The van der Waals surface area contributed by atoms with Crippen molar-refractivity contribution in [3.63, 3.8) is 0 Å². The second-order valence-corrected chi connectivity index (χ2v) is 3.75. The van der Waals surface area contributed by atoms with Crippen LogP contribution in [0.4, 0.5) is 4.79 Å². The smallest absolute Gasteiger partial charge is 1.00 e. The van der Waals surface area contributed by atoms with Crippen molar-refractivity contribution >= 4 is 31.7 Å². The van der Waals surface area contributed by atoms with E-state index in [1.807, 2.05) is 0 Å². The van der Waals surface area contributed by atoms with Crippen molar-refractivity contribution in [2.45, 2.75) is 19.3 Å². The number of hydroxylamine groups is 2. The van der Waals surface area contributed by atoms with Gasteiger partial charge in [0.25, 0.3) is 0 Å². The standard InChI is InChI=1S/C6H12N2O2S2.Na.H/c9-6(8(11)12)10-7-4-2-1-3-5-7;;/h11-12H,1-5H2;;/q;+1;-1. The van der Waals surface area contributed by atoms with Crippen molar-refractivity contribution in [2.24, 2.45) is 0 Å². The predicted octanol–water partition coefficient (Wildman–Crippen LogP) is -1.37. The van der Waals surface area contributed by atoms with Crippen molar-refractivity contribution in [1.29, 1.82) is 0 Å². The van der Waals surface area contributed by atoms with Gasteiger partial charge in [-0.15, -0.1) is 5.06 Å². The minimum Gasteiger partial charge on any atom is -1.00 e. The van der Waals surface area contributed by atoms with Crippen molar-refractivity contribution in [1.82, 2.24) is 8.77 Å². The van der Waals surface area contributed by atoms with Gasteiger partial charge in [0.15, 0.2) is 0 Å². The van der Waals surface area contributed by atoms with Gasteiger partial charge in [0.1, 0.15) is 0 Å². The summed E-state index contributed by atoms with van der Waals surface area (Å²) in [6, 6.07) is 0. The van der Waals surface area contributed by atoms with Crippen LogP contribution in [0.1, 0.15) is 20.7 Å². The molecule has 1 amide bonds. The Morgan fingerprint density at radius 3 is 2.31 bits per heavy atom. The Balaban J connectivity index is 0. The Morgan fingerprint density at radius 1 is 1.31 bits per heavy atom. The molecule has 7 heteroatoms. The minimum absolute atomic E-state index is 0. The maximum Gasteiger partial charge on any atom is 1.00 e. The molecule has 0 aromatic carbocycles. The maximum atomic E-state index is 10.9. The fourth-order valence-electron chi connectivity index (χ4n) is 1.10. The fraction of sp³-hybridized carbons (Fsp3) is 0.833. The summed E-state index contributed by atoms with van der Waals surface area (Å²) in [5, 5.41) is 1.64. The fourth-order valence-corrected chi connectivity index (χ4v) is 1.18. The molecule has 0 unspecified atom stereocenters. The van der Waals surface area contributed by atoms with Crippen LogP contribution >= 0.6 is 25.6 Å². The van der Waals surface area contributed by atoms with Crippen LogP contribution in [0.15, 0.2) is 0 Å². The molecule has 72 valence electrons. The average molecular weight is 232 g/mol. The first-order valence-corrected chi connectivity index (χ1v) is 4.65. The monoisotopic (exact) mass is 232 g/mol. The van der Waals surface area contributed by atoms with Gasteiger partial charge < -0.3 is 6.26 Å². The molecule has 1 saturated heterocycles. The van der Waals surface area contributed by atoms with Crippen molar-refractivity contribution in [3.05, 3.63) is 0 Å². The van der Waals surface area contributed by atoms with Gasteiger partial charge in [0.2, 0.25) is 0 Å². The molecule has 1 rings (SSSR count). The Kier molecular flexibility index (Phi) is 7.77. The summed E-state index contributed by atoms with van der Waals surface area (Å²) in [5.74, 6) is 0. The van der Waals surface area contributed by atoms with Gasteiger partial charge in [0.05, 0.1) is 0 Å². The molecule has 0 N–H and O–H groups in total. The van der Waals surface area contributed by atoms with E-state index >= 15 is 0 Å². The molecule has 1 aliphatic heterocycles. The third-order valence-corrected chi connectivity index (χ3v) is 2.01. The number of rotatable bonds is 1. The number of hydrogen-bond donors (Lipinski definition) is 2. The summed E-state index contributed by atoms with van der Waals surface area (Å²) in [6.07, 6.45) is 2.81. The first-order valence-electron chi connectivity index (χ1n) is 3.85. The normalized spacial score (nSPS) is 17.4. The number of amides is 1. The molecule has 4 nitrogen and oxygen atoms in total. The van der Waals surface area contributed by atoms with E-state index in [0.717, 1.165) is 29.6 Å². The van der Waals surface area contributed by atoms with Crippen LogP contribution in [0.5, 0.6) is 0 Å². The van der Waals surface area contributed by atoms with E-state index in [0.29, 0.717) is 0 Å². The number of piperidine rings is 1. The largest absolute Gasteiger partial charge is 1.00 e. The Morgan fingerprint density at radius 2 is 1.85 bits per heavy atom. The zero-order valence-corrected chi connectivity index (χ0v) is 11.4. The molecule has 0 saturated carbocycles. The minimum atomic E-state index is -0.552. The summed E-state index contributed by atoms with van der Waals surface area (Å²) in [6.45, 7) is 1.61. The molecule has 0 radical (unpaired) electrons. The van der Waals surface area contributed by atoms with Gasteiger partial charge in [0, 0.05) is 13.1 Å². The van der Waals surface area contributed by atoms with Gasteiger partial charge in [-0.3, -0.25) is 0 Å². The van der Waals surface area contributed by atoms with E-state index in [4.69, 9.17) is 4.84 Å². The zero-order chi connectivity index (χ0) is 8.97. The van der Waals surface area contributed by atoms with Crippen LogP contribution in [-0.4, -0.2) is 28.0 Å². The summed E-state index contributed by atoms with van der Waals surface area (Å²) in [4.78, 5) is 15.8. The van der Waals surface area contributed by atoms with Gasteiger partial charge in [-0.2, -0.15) is 3.71 Å². The molecule has 0 aromatic heterocycles. The van der Waals surface area contributed by atoms with Crippen LogP contribution in [-0.2, 0) is 4.84 Å². The van der Waals surface area contributed by atoms with E-state index in [2.05, 4.69) is 25.6 Å². The molecular weight excluding hydrogens is 219 g/mol. The van der Waals surface area contributed by atoms with Crippen LogP contribution in [0.2, 0.25) is 0 Å². The molecule has 13 heavy (non-hydrogen) atoms. The molecule has 0 spiro atoms. The summed E-state index contributed by atoms with van der Waals surface area (Å²) in [7, 11) is 0. The van der Waals surface area contributed by atoms with Crippen LogP contribution < -0.4 is 29.6 Å². The maximum absolute atomic E-state index is 10.9.